The van der Waals surface area contributed by atoms with Gasteiger partial charge >= 0.3 is 0 Å². The van der Waals surface area contributed by atoms with Crippen LogP contribution in [-0.4, -0.2) is 47.5 Å². The van der Waals surface area contributed by atoms with E-state index >= 15 is 0 Å². The van der Waals surface area contributed by atoms with E-state index in [0.29, 0.717) is 35.9 Å². The zero-order valence-electron chi connectivity index (χ0n) is 16.6. The molecular weight excluding hydrogens is 406 g/mol. The number of hydrogen-bond donors (Lipinski definition) is 1. The SMILES string of the molecule is COCCn1c(SCC(=O)Nc2cc3c(cc2C(C)=O)OCO3)nc2ccccc21. The Hall–Kier alpha value is -3.04. The molecule has 0 spiro atoms. The molecule has 0 fully saturated rings. The number of hydrogen-bond acceptors (Lipinski definition) is 7. The number of amides is 1. The highest BCUT2D eigenvalue weighted by atomic mass is 32.2. The van der Waals surface area contributed by atoms with Gasteiger partial charge in [0.15, 0.2) is 22.4 Å². The number of nitrogens with zero attached hydrogens (tertiary/aromatic N) is 2. The smallest absolute Gasteiger partial charge is 0.234 e. The number of Topliss-reactive ketones (excluding diaryl/α,β-unsaturated/α-hetero) is 1. The molecule has 3 aromatic rings. The van der Waals surface area contributed by atoms with E-state index in [0.717, 1.165) is 16.2 Å². The van der Waals surface area contributed by atoms with Gasteiger partial charge in [-0.15, -0.1) is 0 Å². The van der Waals surface area contributed by atoms with Crippen LogP contribution in [0, 0.1) is 0 Å². The minimum absolute atomic E-state index is 0.0949. The van der Waals surface area contributed by atoms with Crippen LogP contribution in [0.2, 0.25) is 0 Å². The van der Waals surface area contributed by atoms with Crippen molar-refractivity contribution >= 4 is 40.2 Å². The van der Waals surface area contributed by atoms with Crippen LogP contribution in [0.15, 0.2) is 41.6 Å². The fourth-order valence-electron chi connectivity index (χ4n) is 3.22. The third-order valence-electron chi connectivity index (χ3n) is 4.64. The van der Waals surface area contributed by atoms with E-state index in [1.807, 2.05) is 28.8 Å². The third-order valence-corrected chi connectivity index (χ3v) is 5.61. The monoisotopic (exact) mass is 427 g/mol. The molecule has 30 heavy (non-hydrogen) atoms. The van der Waals surface area contributed by atoms with Gasteiger partial charge < -0.3 is 24.1 Å². The zero-order valence-corrected chi connectivity index (χ0v) is 17.5. The second kappa shape index (κ2) is 8.76. The first kappa shape index (κ1) is 20.2. The maximum Gasteiger partial charge on any atom is 0.234 e. The number of imidazole rings is 1. The minimum atomic E-state index is -0.244. The van der Waals surface area contributed by atoms with Gasteiger partial charge in [-0.05, 0) is 25.1 Å². The molecule has 0 aliphatic carbocycles. The molecule has 0 atom stereocenters. The predicted octanol–water partition coefficient (Wildman–Crippen LogP) is 3.34. The number of aromatic nitrogens is 2. The lowest BCUT2D eigenvalue weighted by atomic mass is 10.1. The van der Waals surface area contributed by atoms with E-state index in [9.17, 15) is 9.59 Å². The number of nitrogens with one attached hydrogen (secondary N) is 1. The van der Waals surface area contributed by atoms with E-state index in [4.69, 9.17) is 14.2 Å². The molecule has 1 aromatic heterocycles. The van der Waals surface area contributed by atoms with E-state index in [2.05, 4.69) is 10.3 Å². The molecule has 1 aliphatic rings. The largest absolute Gasteiger partial charge is 0.454 e. The van der Waals surface area contributed by atoms with Crippen LogP contribution in [-0.2, 0) is 16.1 Å². The van der Waals surface area contributed by atoms with Crippen molar-refractivity contribution < 1.29 is 23.8 Å². The summed E-state index contributed by atoms with van der Waals surface area (Å²) in [5, 5.41) is 3.55. The van der Waals surface area contributed by atoms with Gasteiger partial charge in [-0.1, -0.05) is 23.9 Å². The molecule has 1 N–H and O–H groups in total. The summed E-state index contributed by atoms with van der Waals surface area (Å²) in [4.78, 5) is 29.3. The summed E-state index contributed by atoms with van der Waals surface area (Å²) in [6, 6.07) is 11.0. The van der Waals surface area contributed by atoms with Crippen LogP contribution in [0.3, 0.4) is 0 Å². The molecule has 0 saturated carbocycles. The van der Waals surface area contributed by atoms with Crippen molar-refractivity contribution in [2.45, 2.75) is 18.6 Å². The topological polar surface area (TPSA) is 91.7 Å². The number of thioether (sulfide) groups is 1. The summed E-state index contributed by atoms with van der Waals surface area (Å²) in [6.07, 6.45) is 0. The number of anilines is 1. The van der Waals surface area contributed by atoms with Crippen LogP contribution in [0.1, 0.15) is 17.3 Å². The lowest BCUT2D eigenvalue weighted by molar-refractivity contribution is -0.113. The Morgan fingerprint density at radius 1 is 1.23 bits per heavy atom. The molecular formula is C21H21N3O5S. The first-order valence-electron chi connectivity index (χ1n) is 9.38. The highest BCUT2D eigenvalue weighted by molar-refractivity contribution is 7.99. The Labute approximate surface area is 177 Å². The van der Waals surface area contributed by atoms with Crippen LogP contribution < -0.4 is 14.8 Å². The number of benzene rings is 2. The molecule has 0 bridgehead atoms. The lowest BCUT2D eigenvalue weighted by Gasteiger charge is -2.11. The number of fused-ring (bicyclic) bond motifs is 2. The van der Waals surface area contributed by atoms with Gasteiger partial charge in [-0.3, -0.25) is 9.59 Å². The van der Waals surface area contributed by atoms with Gasteiger partial charge in [0, 0.05) is 25.3 Å². The zero-order chi connectivity index (χ0) is 21.1. The van der Waals surface area contributed by atoms with E-state index in [-0.39, 0.29) is 24.2 Å². The molecule has 0 saturated heterocycles. The number of carbonyl (C=O) groups excluding carboxylic acids is 2. The number of ether oxygens (including phenoxy) is 3. The molecule has 0 radical (unpaired) electrons. The van der Waals surface area contributed by atoms with E-state index < -0.39 is 0 Å². The van der Waals surface area contributed by atoms with Gasteiger partial charge in [0.05, 0.1) is 29.1 Å². The summed E-state index contributed by atoms with van der Waals surface area (Å²) in [7, 11) is 1.65. The lowest BCUT2D eigenvalue weighted by Crippen LogP contribution is -2.17. The van der Waals surface area contributed by atoms with Crippen molar-refractivity contribution in [1.82, 2.24) is 9.55 Å². The molecule has 4 rings (SSSR count). The van der Waals surface area contributed by atoms with Gasteiger partial charge in [0.25, 0.3) is 0 Å². The van der Waals surface area contributed by atoms with Crippen molar-refractivity contribution in [3.63, 3.8) is 0 Å². The van der Waals surface area contributed by atoms with E-state index in [1.165, 1.54) is 18.7 Å². The summed E-state index contributed by atoms with van der Waals surface area (Å²) >= 11 is 1.33. The Kier molecular flexibility index (Phi) is 5.91. The average Bonchev–Trinajstić information content (AvgIpc) is 3.33. The van der Waals surface area contributed by atoms with Crippen molar-refractivity contribution in [2.75, 3.05) is 31.6 Å². The molecule has 0 unspecified atom stereocenters. The number of ketones is 1. The molecule has 9 heteroatoms. The second-order valence-corrected chi connectivity index (χ2v) is 7.61. The van der Waals surface area contributed by atoms with Crippen molar-refractivity contribution in [3.8, 4) is 11.5 Å². The quantitative estimate of drug-likeness (QED) is 0.435. The van der Waals surface area contributed by atoms with Crippen LogP contribution in [0.5, 0.6) is 11.5 Å². The number of para-hydroxylation sites is 2. The Bertz CT molecular complexity index is 1110. The standard InChI is InChI=1S/C21H21N3O5S/c1-13(25)14-9-18-19(29-12-28-18)10-16(14)22-20(26)11-30-21-23-15-5-3-4-6-17(15)24(21)7-8-27-2/h3-6,9-10H,7-8,11-12H2,1-2H3,(H,22,26). The third kappa shape index (κ3) is 4.12. The Morgan fingerprint density at radius 2 is 2.00 bits per heavy atom. The van der Waals surface area contributed by atoms with Gasteiger partial charge in [0.1, 0.15) is 0 Å². The molecule has 8 nitrogen and oxygen atoms in total. The van der Waals surface area contributed by atoms with Crippen molar-refractivity contribution in [2.24, 2.45) is 0 Å². The normalized spacial score (nSPS) is 12.3. The van der Waals surface area contributed by atoms with Crippen LogP contribution in [0.4, 0.5) is 5.69 Å². The molecule has 156 valence electrons. The fourth-order valence-corrected chi connectivity index (χ4v) is 4.06. The minimum Gasteiger partial charge on any atom is -0.454 e. The van der Waals surface area contributed by atoms with E-state index in [1.54, 1.807) is 19.2 Å². The maximum atomic E-state index is 12.6. The first-order chi connectivity index (χ1) is 14.6. The fraction of sp³-hybridized carbons (Fsp3) is 0.286. The molecule has 2 aromatic carbocycles. The highest BCUT2D eigenvalue weighted by Crippen LogP contribution is 2.37. The summed E-state index contributed by atoms with van der Waals surface area (Å²) < 4.78 is 17.9. The maximum absolute atomic E-state index is 12.6. The van der Waals surface area contributed by atoms with Gasteiger partial charge in [-0.25, -0.2) is 4.98 Å². The molecule has 1 aliphatic heterocycles. The number of rotatable bonds is 8. The van der Waals surface area contributed by atoms with Crippen LogP contribution >= 0.6 is 11.8 Å². The summed E-state index contributed by atoms with van der Waals surface area (Å²) in [5.74, 6) is 0.732. The summed E-state index contributed by atoms with van der Waals surface area (Å²) in [6.45, 7) is 2.72. The average molecular weight is 427 g/mol. The van der Waals surface area contributed by atoms with Crippen molar-refractivity contribution in [3.05, 3.63) is 42.0 Å². The predicted molar refractivity (Wildman–Crippen MR) is 114 cm³/mol. The number of methoxy groups -OCH3 is 1. The number of carbonyl (C=O) groups is 2. The first-order valence-corrected chi connectivity index (χ1v) is 10.4. The second-order valence-electron chi connectivity index (χ2n) is 6.67. The van der Waals surface area contributed by atoms with Crippen molar-refractivity contribution in [1.29, 1.82) is 0 Å². The summed E-state index contributed by atoms with van der Waals surface area (Å²) in [5.41, 5.74) is 2.65. The Balaban J connectivity index is 1.50. The van der Waals surface area contributed by atoms with Crippen LogP contribution in [0.25, 0.3) is 11.0 Å². The Morgan fingerprint density at radius 3 is 2.77 bits per heavy atom. The molecule has 2 heterocycles. The van der Waals surface area contributed by atoms with Gasteiger partial charge in [-0.2, -0.15) is 0 Å². The van der Waals surface area contributed by atoms with Gasteiger partial charge in [0.2, 0.25) is 12.7 Å². The molecule has 1 amide bonds. The highest BCUT2D eigenvalue weighted by Gasteiger charge is 2.21.